The van der Waals surface area contributed by atoms with E-state index in [1.165, 1.54) is 60.5 Å². The second-order valence-electron chi connectivity index (χ2n) is 10.3. The Morgan fingerprint density at radius 1 is 0.535 bits per heavy atom. The van der Waals surface area contributed by atoms with Gasteiger partial charge in [-0.05, 0) is 88.7 Å². The Morgan fingerprint density at radius 3 is 1.70 bits per heavy atom. The van der Waals surface area contributed by atoms with Crippen molar-refractivity contribution in [1.82, 2.24) is 0 Å². The van der Waals surface area contributed by atoms with Gasteiger partial charge < -0.3 is 4.74 Å². The third-order valence-corrected chi connectivity index (χ3v) is 7.27. The molecule has 220 valence electrons. The molecule has 7 heteroatoms. The molecule has 5 aromatic rings. The zero-order chi connectivity index (χ0) is 30.6. The van der Waals surface area contributed by atoms with Crippen molar-refractivity contribution in [2.24, 2.45) is 0 Å². The van der Waals surface area contributed by atoms with Crippen LogP contribution in [-0.4, -0.2) is 0 Å². The van der Waals surface area contributed by atoms with E-state index in [0.717, 1.165) is 49.1 Å². The number of alkyl halides is 2. The predicted molar refractivity (Wildman–Crippen MR) is 157 cm³/mol. The molecule has 0 aliphatic rings. The van der Waals surface area contributed by atoms with E-state index < -0.39 is 34.9 Å². The van der Waals surface area contributed by atoms with Gasteiger partial charge in [0.2, 0.25) is 0 Å². The lowest BCUT2D eigenvalue weighted by Gasteiger charge is -2.19. The van der Waals surface area contributed by atoms with Crippen LogP contribution >= 0.6 is 0 Å². The zero-order valence-electron chi connectivity index (χ0n) is 23.3. The quantitative estimate of drug-likeness (QED) is 0.116. The molecule has 0 amide bonds. The average Bonchev–Trinajstić information content (AvgIpc) is 2.99. The van der Waals surface area contributed by atoms with Crippen LogP contribution in [0.3, 0.4) is 0 Å². The number of hydrogen-bond acceptors (Lipinski definition) is 1. The number of hydrogen-bond donors (Lipinski definition) is 0. The highest BCUT2D eigenvalue weighted by molar-refractivity contribution is 5.71. The van der Waals surface area contributed by atoms with Gasteiger partial charge in [-0.1, -0.05) is 80.4 Å². The van der Waals surface area contributed by atoms with Crippen molar-refractivity contribution in [2.75, 3.05) is 0 Å². The SMILES string of the molecule is CCCCCc1ccc(-c2ccc(-c3ccc(C(F)(F)Oc4ccc(-c5ccc(F)c(F)c5)cc4)c(F)c3)c(F)c2)cc1. The summed E-state index contributed by atoms with van der Waals surface area (Å²) in [7, 11) is 0. The molecule has 0 unspecified atom stereocenters. The number of aryl methyl sites for hydroxylation is 1. The number of ether oxygens (including phenoxy) is 1. The summed E-state index contributed by atoms with van der Waals surface area (Å²) in [5, 5.41) is 0. The van der Waals surface area contributed by atoms with Gasteiger partial charge in [0.25, 0.3) is 0 Å². The number of rotatable bonds is 10. The molecule has 0 N–H and O–H groups in total. The van der Waals surface area contributed by atoms with Gasteiger partial charge >= 0.3 is 6.11 Å². The van der Waals surface area contributed by atoms with Crippen LogP contribution in [0.25, 0.3) is 33.4 Å². The summed E-state index contributed by atoms with van der Waals surface area (Å²) in [6, 6.07) is 23.9. The van der Waals surface area contributed by atoms with Gasteiger partial charge in [-0.2, -0.15) is 8.78 Å². The maximum Gasteiger partial charge on any atom is 0.429 e. The van der Waals surface area contributed by atoms with E-state index in [1.54, 1.807) is 6.07 Å². The van der Waals surface area contributed by atoms with E-state index in [4.69, 9.17) is 4.74 Å². The van der Waals surface area contributed by atoms with E-state index >= 15 is 4.39 Å². The lowest BCUT2D eigenvalue weighted by molar-refractivity contribution is -0.187. The molecule has 0 aromatic heterocycles. The minimum atomic E-state index is -4.04. The summed E-state index contributed by atoms with van der Waals surface area (Å²) in [6.45, 7) is 2.15. The van der Waals surface area contributed by atoms with Crippen molar-refractivity contribution in [3.8, 4) is 39.1 Å². The van der Waals surface area contributed by atoms with Crippen molar-refractivity contribution >= 4 is 0 Å². The second kappa shape index (κ2) is 12.8. The highest BCUT2D eigenvalue weighted by atomic mass is 19.3. The lowest BCUT2D eigenvalue weighted by atomic mass is 9.97. The van der Waals surface area contributed by atoms with Crippen LogP contribution in [0, 0.1) is 23.3 Å². The van der Waals surface area contributed by atoms with E-state index in [-0.39, 0.29) is 16.9 Å². The Bertz CT molecular complexity index is 1710. The van der Waals surface area contributed by atoms with Crippen LogP contribution in [0.5, 0.6) is 5.75 Å². The van der Waals surface area contributed by atoms with Crippen LogP contribution in [0.15, 0.2) is 103 Å². The summed E-state index contributed by atoms with van der Waals surface area (Å²) in [5.74, 6) is -4.18. The fourth-order valence-corrected chi connectivity index (χ4v) is 4.88. The summed E-state index contributed by atoms with van der Waals surface area (Å²) in [5.41, 5.74) is 2.63. The second-order valence-corrected chi connectivity index (χ2v) is 10.3. The first-order valence-electron chi connectivity index (χ1n) is 14.0. The molecule has 0 saturated heterocycles. The van der Waals surface area contributed by atoms with E-state index in [9.17, 15) is 22.0 Å². The van der Waals surface area contributed by atoms with Crippen LogP contribution in [0.2, 0.25) is 0 Å². The molecule has 0 aliphatic heterocycles. The molecule has 0 atom stereocenters. The molecule has 5 aromatic carbocycles. The standard InChI is InChI=1S/C36H28F6O/c1-2-3-4-5-23-6-8-24(9-7-23)26-12-17-30(33(38)20-26)28-13-18-31(34(39)22-28)36(41,42)43-29-15-10-25(11-16-29)27-14-19-32(37)35(40)21-27/h6-22H,2-5H2,1H3. The first-order chi connectivity index (χ1) is 20.6. The zero-order valence-corrected chi connectivity index (χ0v) is 23.3. The molecular weight excluding hydrogens is 562 g/mol. The van der Waals surface area contributed by atoms with Crippen molar-refractivity contribution in [2.45, 2.75) is 38.7 Å². The highest BCUT2D eigenvalue weighted by Crippen LogP contribution is 2.37. The first kappa shape index (κ1) is 30.0. The normalized spacial score (nSPS) is 11.5. The number of benzene rings is 5. The van der Waals surface area contributed by atoms with E-state index in [1.807, 2.05) is 24.3 Å². The molecule has 0 radical (unpaired) electrons. The maximum absolute atomic E-state index is 15.1. The van der Waals surface area contributed by atoms with Gasteiger partial charge in [-0.15, -0.1) is 0 Å². The van der Waals surface area contributed by atoms with Crippen LogP contribution < -0.4 is 4.74 Å². The van der Waals surface area contributed by atoms with Crippen LogP contribution in [-0.2, 0) is 12.5 Å². The summed E-state index contributed by atoms with van der Waals surface area (Å²) in [4.78, 5) is 0. The van der Waals surface area contributed by atoms with Gasteiger partial charge in [0.1, 0.15) is 17.4 Å². The Morgan fingerprint density at radius 2 is 1.09 bits per heavy atom. The molecule has 5 rings (SSSR count). The largest absolute Gasteiger partial charge is 0.429 e. The topological polar surface area (TPSA) is 9.23 Å². The van der Waals surface area contributed by atoms with Gasteiger partial charge in [0.05, 0.1) is 5.56 Å². The predicted octanol–water partition coefficient (Wildman–Crippen LogP) is 11.1. The van der Waals surface area contributed by atoms with E-state index in [0.29, 0.717) is 16.7 Å². The van der Waals surface area contributed by atoms with Gasteiger partial charge in [0.15, 0.2) is 11.6 Å². The number of unbranched alkanes of at least 4 members (excludes halogenated alkanes) is 2. The monoisotopic (exact) mass is 590 g/mol. The van der Waals surface area contributed by atoms with E-state index in [2.05, 4.69) is 6.92 Å². The third-order valence-electron chi connectivity index (χ3n) is 7.27. The molecule has 0 aliphatic carbocycles. The molecule has 0 bridgehead atoms. The molecular formula is C36H28F6O. The Labute approximate surface area is 246 Å². The molecule has 0 saturated carbocycles. The van der Waals surface area contributed by atoms with Gasteiger partial charge in [-0.25, -0.2) is 17.6 Å². The summed E-state index contributed by atoms with van der Waals surface area (Å²) < 4.78 is 91.5. The molecule has 1 nitrogen and oxygen atoms in total. The minimum absolute atomic E-state index is 0.0717. The third kappa shape index (κ3) is 6.94. The Balaban J connectivity index is 1.30. The lowest BCUT2D eigenvalue weighted by Crippen LogP contribution is -2.23. The fourth-order valence-electron chi connectivity index (χ4n) is 4.88. The average molecular weight is 591 g/mol. The summed E-state index contributed by atoms with van der Waals surface area (Å²) in [6.07, 6.45) is 0.365. The van der Waals surface area contributed by atoms with Gasteiger partial charge in [0, 0.05) is 5.56 Å². The highest BCUT2D eigenvalue weighted by Gasteiger charge is 2.38. The van der Waals surface area contributed by atoms with Crippen molar-refractivity contribution in [3.05, 3.63) is 138 Å². The Kier molecular flexibility index (Phi) is 8.90. The molecule has 43 heavy (non-hydrogen) atoms. The Hall–Kier alpha value is -4.52. The fraction of sp³-hybridized carbons (Fsp3) is 0.167. The number of halogens is 6. The smallest absolute Gasteiger partial charge is 0.429 e. The first-order valence-corrected chi connectivity index (χ1v) is 14.0. The maximum atomic E-state index is 15.1. The van der Waals surface area contributed by atoms with Crippen LogP contribution in [0.1, 0.15) is 37.3 Å². The molecule has 0 heterocycles. The van der Waals surface area contributed by atoms with Crippen molar-refractivity contribution < 1.29 is 31.1 Å². The van der Waals surface area contributed by atoms with Crippen molar-refractivity contribution in [3.63, 3.8) is 0 Å². The van der Waals surface area contributed by atoms with Gasteiger partial charge in [-0.3, -0.25) is 0 Å². The molecule has 0 fully saturated rings. The molecule has 0 spiro atoms. The van der Waals surface area contributed by atoms with Crippen LogP contribution in [0.4, 0.5) is 26.3 Å². The summed E-state index contributed by atoms with van der Waals surface area (Å²) >= 11 is 0. The van der Waals surface area contributed by atoms with Crippen molar-refractivity contribution in [1.29, 1.82) is 0 Å². The minimum Gasteiger partial charge on any atom is -0.429 e.